The van der Waals surface area contributed by atoms with Crippen LogP contribution in [0.15, 0.2) is 72.8 Å². The number of hydrogen-bond acceptors (Lipinski definition) is 5. The fourth-order valence-electron chi connectivity index (χ4n) is 4.59. The van der Waals surface area contributed by atoms with Crippen LogP contribution in [0.25, 0.3) is 11.1 Å². The molecule has 0 aromatic heterocycles. The van der Waals surface area contributed by atoms with Crippen LogP contribution in [0.4, 0.5) is 0 Å². The van der Waals surface area contributed by atoms with Crippen LogP contribution in [0.5, 0.6) is 11.5 Å². The number of hydrogen-bond donors (Lipinski definition) is 2. The molecule has 0 saturated carbocycles. The summed E-state index contributed by atoms with van der Waals surface area (Å²) >= 11 is 0. The van der Waals surface area contributed by atoms with E-state index in [0.29, 0.717) is 25.3 Å². The molecule has 2 aliphatic heterocycles. The van der Waals surface area contributed by atoms with Gasteiger partial charge >= 0.3 is 0 Å². The lowest BCUT2D eigenvalue weighted by Gasteiger charge is -2.38. The summed E-state index contributed by atoms with van der Waals surface area (Å²) in [5, 5.41) is 5.74. The van der Waals surface area contributed by atoms with E-state index in [-0.39, 0.29) is 30.6 Å². The quantitative estimate of drug-likeness (QED) is 0.548. The zero-order chi connectivity index (χ0) is 24.1. The van der Waals surface area contributed by atoms with Gasteiger partial charge in [-0.15, -0.1) is 0 Å². The molecule has 5 rings (SSSR count). The number of rotatable bonds is 7. The summed E-state index contributed by atoms with van der Waals surface area (Å²) in [6.07, 6.45) is 1.57. The van der Waals surface area contributed by atoms with E-state index >= 15 is 0 Å². The van der Waals surface area contributed by atoms with Gasteiger partial charge in [-0.2, -0.15) is 0 Å². The van der Waals surface area contributed by atoms with Gasteiger partial charge in [-0.25, -0.2) is 0 Å². The Morgan fingerprint density at radius 1 is 0.800 bits per heavy atom. The third-order valence-electron chi connectivity index (χ3n) is 6.72. The molecule has 0 unspecified atom stereocenters. The van der Waals surface area contributed by atoms with E-state index in [1.54, 1.807) is 12.1 Å². The van der Waals surface area contributed by atoms with Gasteiger partial charge in [0, 0.05) is 30.7 Å². The summed E-state index contributed by atoms with van der Waals surface area (Å²) in [6, 6.07) is 23.3. The molecular formula is C28H28N2O5. The van der Waals surface area contributed by atoms with E-state index in [1.807, 2.05) is 60.7 Å². The van der Waals surface area contributed by atoms with Crippen molar-refractivity contribution in [3.8, 4) is 22.6 Å². The molecule has 3 aromatic rings. The average Bonchev–Trinajstić information content (AvgIpc) is 3.40. The van der Waals surface area contributed by atoms with Gasteiger partial charge in [0.2, 0.25) is 12.7 Å². The molecule has 0 radical (unpaired) electrons. The Balaban J connectivity index is 1.17. The first-order chi connectivity index (χ1) is 17.1. The Kier molecular flexibility index (Phi) is 6.68. The minimum absolute atomic E-state index is 0.0903. The molecule has 0 spiro atoms. The van der Waals surface area contributed by atoms with Crippen LogP contribution in [0.1, 0.15) is 28.8 Å². The van der Waals surface area contributed by atoms with E-state index in [9.17, 15) is 9.59 Å². The number of carbonyl (C=O) groups excluding carboxylic acids is 2. The summed E-state index contributed by atoms with van der Waals surface area (Å²) in [5.74, 6) is 0.951. The second-order valence-electron chi connectivity index (χ2n) is 8.86. The van der Waals surface area contributed by atoms with E-state index in [0.717, 1.165) is 41.0 Å². The van der Waals surface area contributed by atoms with Crippen molar-refractivity contribution >= 4 is 11.8 Å². The maximum atomic E-state index is 12.6. The Morgan fingerprint density at radius 2 is 1.51 bits per heavy atom. The van der Waals surface area contributed by atoms with Gasteiger partial charge in [0.1, 0.15) is 0 Å². The molecule has 2 amide bonds. The second kappa shape index (κ2) is 10.2. The standard InChI is InChI=1S/C28H28N2O5/c31-26(17-29-27(32)22-8-6-21(7-9-22)20-4-2-1-3-5-20)30-18-28(12-14-33-15-13-28)23-10-11-24-25(16-23)35-19-34-24/h1-11,16H,12-15,17-19H2,(H,29,32)(H,30,31). The van der Waals surface area contributed by atoms with Crippen molar-refractivity contribution in [1.82, 2.24) is 10.6 Å². The fourth-order valence-corrected chi connectivity index (χ4v) is 4.59. The lowest BCUT2D eigenvalue weighted by molar-refractivity contribution is -0.120. The Hall–Kier alpha value is -3.84. The highest BCUT2D eigenvalue weighted by atomic mass is 16.7. The van der Waals surface area contributed by atoms with Crippen LogP contribution in [0.2, 0.25) is 0 Å². The Labute approximate surface area is 204 Å². The number of amides is 2. The topological polar surface area (TPSA) is 85.9 Å². The number of fused-ring (bicyclic) bond motifs is 1. The summed E-state index contributed by atoms with van der Waals surface area (Å²) in [7, 11) is 0. The summed E-state index contributed by atoms with van der Waals surface area (Å²) in [6.45, 7) is 1.84. The maximum absolute atomic E-state index is 12.6. The minimum atomic E-state index is -0.281. The van der Waals surface area contributed by atoms with Gasteiger partial charge in [0.05, 0.1) is 6.54 Å². The highest BCUT2D eigenvalue weighted by Crippen LogP contribution is 2.40. The van der Waals surface area contributed by atoms with Crippen LogP contribution in [-0.2, 0) is 14.9 Å². The predicted molar refractivity (Wildman–Crippen MR) is 132 cm³/mol. The van der Waals surface area contributed by atoms with E-state index in [1.165, 1.54) is 0 Å². The largest absolute Gasteiger partial charge is 0.454 e. The van der Waals surface area contributed by atoms with Crippen molar-refractivity contribution in [3.05, 3.63) is 83.9 Å². The van der Waals surface area contributed by atoms with Crippen LogP contribution in [0.3, 0.4) is 0 Å². The molecule has 2 heterocycles. The zero-order valence-corrected chi connectivity index (χ0v) is 19.4. The lowest BCUT2D eigenvalue weighted by atomic mass is 9.74. The molecule has 7 heteroatoms. The predicted octanol–water partition coefficient (Wildman–Crippen LogP) is 3.68. The maximum Gasteiger partial charge on any atom is 0.251 e. The van der Waals surface area contributed by atoms with Gasteiger partial charge < -0.3 is 24.8 Å². The van der Waals surface area contributed by atoms with Crippen molar-refractivity contribution in [2.24, 2.45) is 0 Å². The smallest absolute Gasteiger partial charge is 0.251 e. The van der Waals surface area contributed by atoms with Crippen molar-refractivity contribution in [1.29, 1.82) is 0 Å². The van der Waals surface area contributed by atoms with Gasteiger partial charge in [-0.3, -0.25) is 9.59 Å². The van der Waals surface area contributed by atoms with Crippen molar-refractivity contribution in [3.63, 3.8) is 0 Å². The Bertz CT molecular complexity index is 1190. The van der Waals surface area contributed by atoms with Crippen molar-refractivity contribution in [2.75, 3.05) is 33.1 Å². The molecule has 2 aliphatic rings. The van der Waals surface area contributed by atoms with Crippen LogP contribution in [0, 0.1) is 0 Å². The van der Waals surface area contributed by atoms with Gasteiger partial charge in [-0.05, 0) is 53.8 Å². The number of ether oxygens (including phenoxy) is 3. The molecular weight excluding hydrogens is 444 g/mol. The number of benzene rings is 3. The number of carbonyl (C=O) groups is 2. The molecule has 0 atom stereocenters. The fraction of sp³-hybridized carbons (Fsp3) is 0.286. The molecule has 0 bridgehead atoms. The highest BCUT2D eigenvalue weighted by molar-refractivity contribution is 5.96. The molecule has 1 fully saturated rings. The zero-order valence-electron chi connectivity index (χ0n) is 19.4. The third-order valence-corrected chi connectivity index (χ3v) is 6.72. The Morgan fingerprint density at radius 3 is 2.29 bits per heavy atom. The van der Waals surface area contributed by atoms with Gasteiger partial charge in [0.15, 0.2) is 11.5 Å². The van der Waals surface area contributed by atoms with Gasteiger partial charge in [-0.1, -0.05) is 48.5 Å². The average molecular weight is 473 g/mol. The number of nitrogens with one attached hydrogen (secondary N) is 2. The minimum Gasteiger partial charge on any atom is -0.454 e. The normalized spacial score (nSPS) is 15.9. The first-order valence-corrected chi connectivity index (χ1v) is 11.8. The van der Waals surface area contributed by atoms with E-state index in [4.69, 9.17) is 14.2 Å². The van der Waals surface area contributed by atoms with E-state index in [2.05, 4.69) is 10.6 Å². The molecule has 35 heavy (non-hydrogen) atoms. The van der Waals surface area contributed by atoms with Crippen LogP contribution < -0.4 is 20.1 Å². The summed E-state index contributed by atoms with van der Waals surface area (Å²) in [5.41, 5.74) is 3.46. The van der Waals surface area contributed by atoms with E-state index < -0.39 is 0 Å². The first kappa shape index (κ1) is 22.9. The summed E-state index contributed by atoms with van der Waals surface area (Å²) in [4.78, 5) is 25.2. The van der Waals surface area contributed by atoms with Gasteiger partial charge in [0.25, 0.3) is 5.91 Å². The highest BCUT2D eigenvalue weighted by Gasteiger charge is 2.36. The SMILES string of the molecule is O=C(CNC(=O)c1ccc(-c2ccccc2)cc1)NCC1(c2ccc3c(c2)OCO3)CCOCC1. The molecule has 1 saturated heterocycles. The second-order valence-corrected chi connectivity index (χ2v) is 8.86. The first-order valence-electron chi connectivity index (χ1n) is 11.8. The van der Waals surface area contributed by atoms with Crippen molar-refractivity contribution < 1.29 is 23.8 Å². The molecule has 7 nitrogen and oxygen atoms in total. The monoisotopic (exact) mass is 472 g/mol. The van der Waals surface area contributed by atoms with Crippen LogP contribution in [-0.4, -0.2) is 44.9 Å². The molecule has 180 valence electrons. The summed E-state index contributed by atoms with van der Waals surface area (Å²) < 4.78 is 16.6. The van der Waals surface area contributed by atoms with Crippen LogP contribution >= 0.6 is 0 Å². The lowest BCUT2D eigenvalue weighted by Crippen LogP contribution is -2.47. The van der Waals surface area contributed by atoms with Crippen molar-refractivity contribution in [2.45, 2.75) is 18.3 Å². The molecule has 3 aromatic carbocycles. The molecule has 2 N–H and O–H groups in total. The molecule has 0 aliphatic carbocycles. The third kappa shape index (κ3) is 5.15.